The largest absolute Gasteiger partial charge is 0.427 e. The molecule has 1 amide bonds. The molecule has 1 unspecified atom stereocenters. The normalized spacial score (nSPS) is 14.9. The average molecular weight is 433 g/mol. The number of allylic oxidation sites excluding steroid dienone is 1. The predicted molar refractivity (Wildman–Crippen MR) is 130 cm³/mol. The van der Waals surface area contributed by atoms with Gasteiger partial charge in [-0.25, -0.2) is 0 Å². The Morgan fingerprint density at radius 3 is 2.50 bits per heavy atom. The second-order valence-electron chi connectivity index (χ2n) is 8.22. The summed E-state index contributed by atoms with van der Waals surface area (Å²) in [5.41, 5.74) is 9.37. The Morgan fingerprint density at radius 1 is 1.16 bits per heavy atom. The van der Waals surface area contributed by atoms with Crippen molar-refractivity contribution < 1.29 is 14.3 Å². The lowest BCUT2D eigenvalue weighted by atomic mass is 9.98. The van der Waals surface area contributed by atoms with E-state index >= 15 is 0 Å². The number of nitrogens with two attached hydrogens (primary N) is 1. The molecule has 1 atom stereocenters. The first kappa shape index (κ1) is 23.5. The first-order valence-electron chi connectivity index (χ1n) is 11.2. The third-order valence-corrected chi connectivity index (χ3v) is 5.92. The third kappa shape index (κ3) is 6.17. The fraction of sp³-hybridized carbons (Fsp3) is 0.333. The van der Waals surface area contributed by atoms with Crippen LogP contribution in [0, 0.1) is 5.92 Å². The van der Waals surface area contributed by atoms with Gasteiger partial charge in [0, 0.05) is 18.7 Å². The van der Waals surface area contributed by atoms with Crippen LogP contribution < -0.4 is 15.8 Å². The third-order valence-electron chi connectivity index (χ3n) is 5.92. The minimum atomic E-state index is -0.512. The molecular formula is C27H32N2O3. The number of amides is 1. The van der Waals surface area contributed by atoms with Crippen LogP contribution in [0.5, 0.6) is 5.75 Å². The smallest absolute Gasteiger partial charge is 0.311 e. The lowest BCUT2D eigenvalue weighted by Crippen LogP contribution is -2.27. The number of benzene rings is 2. The van der Waals surface area contributed by atoms with Crippen LogP contribution in [-0.4, -0.2) is 18.4 Å². The molecule has 32 heavy (non-hydrogen) atoms. The van der Waals surface area contributed by atoms with Crippen LogP contribution in [0.2, 0.25) is 0 Å². The first-order chi connectivity index (χ1) is 15.5. The van der Waals surface area contributed by atoms with E-state index in [0.29, 0.717) is 23.8 Å². The van der Waals surface area contributed by atoms with Crippen molar-refractivity contribution in [3.05, 3.63) is 71.8 Å². The van der Waals surface area contributed by atoms with Gasteiger partial charge in [-0.15, -0.1) is 0 Å². The van der Waals surface area contributed by atoms with E-state index in [1.807, 2.05) is 37.3 Å². The van der Waals surface area contributed by atoms with Crippen LogP contribution in [0.3, 0.4) is 0 Å². The van der Waals surface area contributed by atoms with Crippen LogP contribution in [0.25, 0.3) is 12.2 Å². The minimum absolute atomic E-state index is 0.166. The second kappa shape index (κ2) is 11.4. The molecule has 168 valence electrons. The van der Waals surface area contributed by atoms with Gasteiger partial charge in [0.05, 0.1) is 5.92 Å². The van der Waals surface area contributed by atoms with E-state index in [9.17, 15) is 9.59 Å². The lowest BCUT2D eigenvalue weighted by Gasteiger charge is -2.17. The van der Waals surface area contributed by atoms with Crippen molar-refractivity contribution >= 4 is 29.7 Å². The number of rotatable bonds is 9. The van der Waals surface area contributed by atoms with Crippen LogP contribution >= 0.6 is 0 Å². The number of esters is 1. The molecule has 0 saturated heterocycles. The maximum atomic E-state index is 12.9. The summed E-state index contributed by atoms with van der Waals surface area (Å²) in [5.74, 6) is 0.0429. The highest BCUT2D eigenvalue weighted by atomic mass is 16.5. The van der Waals surface area contributed by atoms with Crippen molar-refractivity contribution in [2.45, 2.75) is 44.9 Å². The van der Waals surface area contributed by atoms with Gasteiger partial charge >= 0.3 is 5.97 Å². The molecule has 3 N–H and O–H groups in total. The molecule has 0 radical (unpaired) electrons. The van der Waals surface area contributed by atoms with E-state index in [0.717, 1.165) is 29.5 Å². The second-order valence-corrected chi connectivity index (χ2v) is 8.22. The summed E-state index contributed by atoms with van der Waals surface area (Å²) in [7, 11) is 0. The molecule has 0 aliphatic heterocycles. The molecule has 5 nitrogen and oxygen atoms in total. The van der Waals surface area contributed by atoms with Gasteiger partial charge in [0.25, 0.3) is 0 Å². The average Bonchev–Trinajstić information content (AvgIpc) is 3.29. The molecule has 3 rings (SSSR count). The number of nitrogens with one attached hydrogen (secondary N) is 1. The van der Waals surface area contributed by atoms with E-state index in [1.165, 1.54) is 12.8 Å². The summed E-state index contributed by atoms with van der Waals surface area (Å²) in [6, 6.07) is 12.7. The SMILES string of the molecule is C=Cc1ccc(NC(=O)C(CN)c2ccc(OC(=O)CC3CCCC3)cc2)cc1/C=C\C. The number of ether oxygens (including phenoxy) is 1. The zero-order valence-electron chi connectivity index (χ0n) is 18.7. The van der Waals surface area contributed by atoms with Gasteiger partial charge in [-0.1, -0.05) is 55.8 Å². The van der Waals surface area contributed by atoms with Crippen molar-refractivity contribution in [1.82, 2.24) is 0 Å². The molecule has 1 aliphatic rings. The summed E-state index contributed by atoms with van der Waals surface area (Å²) in [6.45, 7) is 5.94. The molecule has 0 aromatic heterocycles. The molecule has 1 fully saturated rings. The molecule has 1 saturated carbocycles. The fourth-order valence-electron chi connectivity index (χ4n) is 4.18. The van der Waals surface area contributed by atoms with E-state index in [1.54, 1.807) is 30.3 Å². The zero-order chi connectivity index (χ0) is 22.9. The Morgan fingerprint density at radius 2 is 1.88 bits per heavy atom. The predicted octanol–water partition coefficient (Wildman–Crippen LogP) is 5.53. The Balaban J connectivity index is 1.64. The fourth-order valence-corrected chi connectivity index (χ4v) is 4.18. The topological polar surface area (TPSA) is 81.4 Å². The van der Waals surface area contributed by atoms with Crippen molar-refractivity contribution in [2.24, 2.45) is 11.7 Å². The molecule has 2 aromatic rings. The van der Waals surface area contributed by atoms with Crippen molar-refractivity contribution in [1.29, 1.82) is 0 Å². The number of carbonyl (C=O) groups is 2. The number of anilines is 1. The minimum Gasteiger partial charge on any atom is -0.427 e. The molecular weight excluding hydrogens is 400 g/mol. The molecule has 0 bridgehead atoms. The maximum absolute atomic E-state index is 12.9. The highest BCUT2D eigenvalue weighted by Crippen LogP contribution is 2.28. The lowest BCUT2D eigenvalue weighted by molar-refractivity contribution is -0.135. The van der Waals surface area contributed by atoms with Gasteiger partial charge in [0.1, 0.15) is 5.75 Å². The van der Waals surface area contributed by atoms with Crippen molar-refractivity contribution in [3.8, 4) is 5.75 Å². The zero-order valence-corrected chi connectivity index (χ0v) is 18.7. The van der Waals surface area contributed by atoms with Crippen molar-refractivity contribution in [3.63, 3.8) is 0 Å². The number of carbonyl (C=O) groups excluding carboxylic acids is 2. The standard InChI is InChI=1S/C27H32N2O3/c1-3-7-22-17-23(13-10-20(22)4-2)29-27(31)25(18-28)21-11-14-24(15-12-21)32-26(30)16-19-8-5-6-9-19/h3-4,7,10-15,17,19,25H,2,5-6,8-9,16,18,28H2,1H3,(H,29,31)/b7-3-. The van der Waals surface area contributed by atoms with Gasteiger partial charge in [-0.2, -0.15) is 0 Å². The van der Waals surface area contributed by atoms with E-state index in [-0.39, 0.29) is 18.4 Å². The quantitative estimate of drug-likeness (QED) is 0.403. The van der Waals surface area contributed by atoms with Crippen molar-refractivity contribution in [2.75, 3.05) is 11.9 Å². The maximum Gasteiger partial charge on any atom is 0.311 e. The summed E-state index contributed by atoms with van der Waals surface area (Å²) in [4.78, 5) is 25.1. The Bertz CT molecular complexity index is 973. The van der Waals surface area contributed by atoms with Gasteiger partial charge < -0.3 is 15.8 Å². The summed E-state index contributed by atoms with van der Waals surface area (Å²) in [5, 5.41) is 2.96. The van der Waals surface area contributed by atoms with Crippen LogP contribution in [0.1, 0.15) is 61.6 Å². The monoisotopic (exact) mass is 432 g/mol. The first-order valence-corrected chi connectivity index (χ1v) is 11.2. The molecule has 0 spiro atoms. The number of hydrogen-bond acceptors (Lipinski definition) is 4. The summed E-state index contributed by atoms with van der Waals surface area (Å²) < 4.78 is 5.47. The van der Waals surface area contributed by atoms with E-state index in [2.05, 4.69) is 11.9 Å². The molecule has 2 aromatic carbocycles. The van der Waals surface area contributed by atoms with Gasteiger partial charge in [-0.05, 0) is 66.6 Å². The van der Waals surface area contributed by atoms with E-state index in [4.69, 9.17) is 10.5 Å². The molecule has 5 heteroatoms. The Kier molecular flexibility index (Phi) is 8.40. The highest BCUT2D eigenvalue weighted by molar-refractivity contribution is 5.96. The van der Waals surface area contributed by atoms with E-state index < -0.39 is 5.92 Å². The van der Waals surface area contributed by atoms with Gasteiger partial charge in [0.2, 0.25) is 5.91 Å². The van der Waals surface area contributed by atoms with Crippen LogP contribution in [-0.2, 0) is 9.59 Å². The summed E-state index contributed by atoms with van der Waals surface area (Å²) >= 11 is 0. The van der Waals surface area contributed by atoms with Crippen LogP contribution in [0.4, 0.5) is 5.69 Å². The molecule has 1 aliphatic carbocycles. The summed E-state index contributed by atoms with van der Waals surface area (Å²) in [6.07, 6.45) is 10.8. The Labute approximate surface area is 190 Å². The molecule has 0 heterocycles. The Hall–Kier alpha value is -3.18. The van der Waals surface area contributed by atoms with Gasteiger partial charge in [-0.3, -0.25) is 9.59 Å². The van der Waals surface area contributed by atoms with Gasteiger partial charge in [0.15, 0.2) is 0 Å². The highest BCUT2D eigenvalue weighted by Gasteiger charge is 2.21. The number of hydrogen-bond donors (Lipinski definition) is 2. The van der Waals surface area contributed by atoms with Crippen LogP contribution in [0.15, 0.2) is 55.1 Å².